The Morgan fingerprint density at radius 1 is 1.13 bits per heavy atom. The molecule has 0 amide bonds. The largest absolute Gasteiger partial charge is 0.351 e. The SMILES string of the molecule is Cc1cnc(NC2CCN(S(C)(=O)=O)CC2)nc1-c1cnn(C2CCC(C#N)CC2)c1. The van der Waals surface area contributed by atoms with Crippen molar-refractivity contribution in [2.45, 2.75) is 57.5 Å². The Labute approximate surface area is 183 Å². The Kier molecular flexibility index (Phi) is 6.25. The fourth-order valence-electron chi connectivity index (χ4n) is 4.45. The molecule has 1 N–H and O–H groups in total. The Morgan fingerprint density at radius 2 is 1.84 bits per heavy atom. The highest BCUT2D eigenvalue weighted by Gasteiger charge is 2.26. The van der Waals surface area contributed by atoms with Gasteiger partial charge in [0.2, 0.25) is 16.0 Å². The van der Waals surface area contributed by atoms with Crippen LogP contribution in [-0.2, 0) is 10.0 Å². The number of nitrogens with one attached hydrogen (secondary N) is 1. The topological polar surface area (TPSA) is 117 Å². The summed E-state index contributed by atoms with van der Waals surface area (Å²) < 4.78 is 26.9. The van der Waals surface area contributed by atoms with Gasteiger partial charge in [0.25, 0.3) is 0 Å². The molecule has 10 heteroatoms. The number of nitriles is 1. The van der Waals surface area contributed by atoms with Crippen LogP contribution in [0.15, 0.2) is 18.6 Å². The highest BCUT2D eigenvalue weighted by atomic mass is 32.2. The van der Waals surface area contributed by atoms with Gasteiger partial charge in [0.05, 0.1) is 30.3 Å². The number of anilines is 1. The van der Waals surface area contributed by atoms with Gasteiger partial charge in [0, 0.05) is 43.0 Å². The van der Waals surface area contributed by atoms with Gasteiger partial charge in [-0.2, -0.15) is 10.4 Å². The molecular formula is C21H29N7O2S. The van der Waals surface area contributed by atoms with Crippen molar-refractivity contribution in [3.63, 3.8) is 0 Å². The summed E-state index contributed by atoms with van der Waals surface area (Å²) in [6.07, 6.45) is 12.2. The van der Waals surface area contributed by atoms with E-state index in [0.717, 1.165) is 55.3 Å². The fraction of sp³-hybridized carbons (Fsp3) is 0.619. The van der Waals surface area contributed by atoms with Crippen LogP contribution in [0.5, 0.6) is 0 Å². The van der Waals surface area contributed by atoms with E-state index in [1.165, 1.54) is 10.6 Å². The number of nitrogens with zero attached hydrogens (tertiary/aromatic N) is 6. The maximum absolute atomic E-state index is 11.7. The van der Waals surface area contributed by atoms with Crippen LogP contribution >= 0.6 is 0 Å². The second kappa shape index (κ2) is 8.93. The summed E-state index contributed by atoms with van der Waals surface area (Å²) in [5, 5.41) is 17.0. The molecule has 0 unspecified atom stereocenters. The molecule has 1 aliphatic heterocycles. The average Bonchev–Trinajstić information content (AvgIpc) is 3.25. The molecule has 2 aliphatic rings. The van der Waals surface area contributed by atoms with Crippen molar-refractivity contribution in [1.29, 1.82) is 5.26 Å². The van der Waals surface area contributed by atoms with Crippen molar-refractivity contribution in [3.8, 4) is 17.3 Å². The van der Waals surface area contributed by atoms with Crippen LogP contribution in [0.3, 0.4) is 0 Å². The summed E-state index contributed by atoms with van der Waals surface area (Å²) in [5.74, 6) is 0.731. The molecule has 2 aromatic heterocycles. The van der Waals surface area contributed by atoms with Crippen LogP contribution in [0, 0.1) is 24.2 Å². The lowest BCUT2D eigenvalue weighted by atomic mass is 9.87. The van der Waals surface area contributed by atoms with E-state index in [-0.39, 0.29) is 12.0 Å². The molecule has 2 aromatic rings. The van der Waals surface area contributed by atoms with Crippen LogP contribution < -0.4 is 5.32 Å². The van der Waals surface area contributed by atoms with Gasteiger partial charge >= 0.3 is 0 Å². The van der Waals surface area contributed by atoms with E-state index in [0.29, 0.717) is 25.1 Å². The van der Waals surface area contributed by atoms with Gasteiger partial charge in [0.15, 0.2) is 0 Å². The predicted octanol–water partition coefficient (Wildman–Crippen LogP) is 2.74. The lowest BCUT2D eigenvalue weighted by Crippen LogP contribution is -2.42. The standard InChI is InChI=1S/C21H29N7O2S/c1-15-12-23-21(25-18-7-9-27(10-8-18)31(2,29)30)26-20(15)17-13-24-28(14-17)19-5-3-16(11-22)4-6-19/h12-14,16,18-19H,3-10H2,1-2H3,(H,23,25,26). The molecule has 3 heterocycles. The van der Waals surface area contributed by atoms with E-state index >= 15 is 0 Å². The first-order valence-electron chi connectivity index (χ1n) is 10.8. The first kappa shape index (κ1) is 21.7. The van der Waals surface area contributed by atoms with E-state index in [4.69, 9.17) is 10.2 Å². The molecular weight excluding hydrogens is 414 g/mol. The van der Waals surface area contributed by atoms with Crippen LogP contribution in [0.4, 0.5) is 5.95 Å². The summed E-state index contributed by atoms with van der Waals surface area (Å²) in [5.41, 5.74) is 2.78. The molecule has 1 saturated carbocycles. The Bertz CT molecular complexity index is 1060. The summed E-state index contributed by atoms with van der Waals surface area (Å²) >= 11 is 0. The molecule has 1 aliphatic carbocycles. The molecule has 166 valence electrons. The average molecular weight is 444 g/mol. The minimum atomic E-state index is -3.13. The maximum atomic E-state index is 11.7. The zero-order valence-electron chi connectivity index (χ0n) is 18.0. The number of hydrogen-bond donors (Lipinski definition) is 1. The number of aryl methyl sites for hydroxylation is 1. The van der Waals surface area contributed by atoms with E-state index in [1.54, 1.807) is 0 Å². The third-order valence-corrected chi connectivity index (χ3v) is 7.66. The first-order chi connectivity index (χ1) is 14.8. The third kappa shape index (κ3) is 5.05. The minimum absolute atomic E-state index is 0.145. The van der Waals surface area contributed by atoms with Crippen molar-refractivity contribution in [2.75, 3.05) is 24.7 Å². The lowest BCUT2D eigenvalue weighted by Gasteiger charge is -2.30. The van der Waals surface area contributed by atoms with Gasteiger partial charge in [-0.3, -0.25) is 4.68 Å². The number of aromatic nitrogens is 4. The number of rotatable bonds is 5. The smallest absolute Gasteiger partial charge is 0.223 e. The molecule has 0 bridgehead atoms. The summed E-state index contributed by atoms with van der Waals surface area (Å²) in [6, 6.07) is 2.85. The van der Waals surface area contributed by atoms with Gasteiger partial charge in [0.1, 0.15) is 0 Å². The van der Waals surface area contributed by atoms with Gasteiger partial charge in [-0.1, -0.05) is 0 Å². The van der Waals surface area contributed by atoms with E-state index in [9.17, 15) is 8.42 Å². The second-order valence-electron chi connectivity index (χ2n) is 8.65. The van der Waals surface area contributed by atoms with Crippen LogP contribution in [-0.4, -0.2) is 57.9 Å². The van der Waals surface area contributed by atoms with Crippen molar-refractivity contribution >= 4 is 16.0 Å². The molecule has 0 atom stereocenters. The Balaban J connectivity index is 1.43. The van der Waals surface area contributed by atoms with E-state index in [1.807, 2.05) is 30.2 Å². The van der Waals surface area contributed by atoms with Crippen molar-refractivity contribution < 1.29 is 8.42 Å². The zero-order valence-corrected chi connectivity index (χ0v) is 18.8. The summed E-state index contributed by atoms with van der Waals surface area (Å²) in [6.45, 7) is 3.01. The summed E-state index contributed by atoms with van der Waals surface area (Å²) in [7, 11) is -3.13. The molecule has 9 nitrogen and oxygen atoms in total. The highest BCUT2D eigenvalue weighted by molar-refractivity contribution is 7.88. The number of piperidine rings is 1. The maximum Gasteiger partial charge on any atom is 0.223 e. The zero-order chi connectivity index (χ0) is 22.0. The van der Waals surface area contributed by atoms with Crippen molar-refractivity contribution in [1.82, 2.24) is 24.1 Å². The van der Waals surface area contributed by atoms with Gasteiger partial charge in [-0.25, -0.2) is 22.7 Å². The number of hydrogen-bond acceptors (Lipinski definition) is 7. The van der Waals surface area contributed by atoms with Gasteiger partial charge in [-0.05, 0) is 51.0 Å². The Hall–Kier alpha value is -2.51. The van der Waals surface area contributed by atoms with Crippen molar-refractivity contribution in [3.05, 3.63) is 24.2 Å². The molecule has 4 rings (SSSR count). The molecule has 0 radical (unpaired) electrons. The normalized spacial score (nSPS) is 23.4. The first-order valence-corrected chi connectivity index (χ1v) is 12.7. The quantitative estimate of drug-likeness (QED) is 0.755. The Morgan fingerprint density at radius 3 is 2.48 bits per heavy atom. The predicted molar refractivity (Wildman–Crippen MR) is 118 cm³/mol. The minimum Gasteiger partial charge on any atom is -0.351 e. The van der Waals surface area contributed by atoms with Crippen LogP contribution in [0.1, 0.15) is 50.1 Å². The number of sulfonamides is 1. The second-order valence-corrected chi connectivity index (χ2v) is 10.6. The molecule has 2 fully saturated rings. The molecule has 0 spiro atoms. The van der Waals surface area contributed by atoms with E-state index < -0.39 is 10.0 Å². The fourth-order valence-corrected chi connectivity index (χ4v) is 5.32. The molecule has 31 heavy (non-hydrogen) atoms. The van der Waals surface area contributed by atoms with Crippen LogP contribution in [0.25, 0.3) is 11.3 Å². The van der Waals surface area contributed by atoms with Gasteiger partial charge in [-0.15, -0.1) is 0 Å². The molecule has 1 saturated heterocycles. The lowest BCUT2D eigenvalue weighted by molar-refractivity contribution is 0.294. The summed E-state index contributed by atoms with van der Waals surface area (Å²) in [4.78, 5) is 9.17. The third-order valence-electron chi connectivity index (χ3n) is 6.36. The van der Waals surface area contributed by atoms with Crippen molar-refractivity contribution in [2.24, 2.45) is 5.92 Å². The van der Waals surface area contributed by atoms with Crippen LogP contribution in [0.2, 0.25) is 0 Å². The van der Waals surface area contributed by atoms with E-state index in [2.05, 4.69) is 21.5 Å². The monoisotopic (exact) mass is 443 g/mol. The molecule has 0 aromatic carbocycles. The highest BCUT2D eigenvalue weighted by Crippen LogP contribution is 2.32. The van der Waals surface area contributed by atoms with Gasteiger partial charge < -0.3 is 5.32 Å².